The lowest BCUT2D eigenvalue weighted by Crippen LogP contribution is -2.29. The summed E-state index contributed by atoms with van der Waals surface area (Å²) >= 11 is 1.84. The lowest BCUT2D eigenvalue weighted by atomic mass is 9.90. The molecule has 0 amide bonds. The quantitative estimate of drug-likeness (QED) is 0.813. The Morgan fingerprint density at radius 1 is 1.25 bits per heavy atom. The molecule has 1 fully saturated rings. The summed E-state index contributed by atoms with van der Waals surface area (Å²) in [6.07, 6.45) is 2.44. The fraction of sp³-hybridized carbons (Fsp3) is 0.350. The standard InChI is InChI=1S/C20H23NO2S/c1-15-6-2-3-10-19(15)24-21-11-5-9-18(14-21)17-8-4-7-16(12-17)13-20(22)23/h2-4,6-8,10,12,18H,5,9,11,13-14H2,1H3,(H,22,23). The first-order valence-corrected chi connectivity index (χ1v) is 9.18. The van der Waals surface area contributed by atoms with Gasteiger partial charge in [-0.05, 0) is 60.4 Å². The molecule has 2 aromatic carbocycles. The Labute approximate surface area is 147 Å². The Balaban J connectivity index is 1.69. The molecule has 1 aliphatic heterocycles. The third-order valence-corrected chi connectivity index (χ3v) is 5.73. The van der Waals surface area contributed by atoms with Crippen molar-refractivity contribution in [3.05, 3.63) is 65.2 Å². The van der Waals surface area contributed by atoms with Crippen LogP contribution in [0.4, 0.5) is 0 Å². The Morgan fingerprint density at radius 2 is 2.08 bits per heavy atom. The minimum atomic E-state index is -0.771. The van der Waals surface area contributed by atoms with Crippen LogP contribution in [0.15, 0.2) is 53.4 Å². The molecular weight excluding hydrogens is 318 g/mol. The van der Waals surface area contributed by atoms with Gasteiger partial charge in [-0.1, -0.05) is 42.5 Å². The molecule has 0 aliphatic carbocycles. The van der Waals surface area contributed by atoms with Crippen molar-refractivity contribution in [3.63, 3.8) is 0 Å². The number of carbonyl (C=O) groups is 1. The fourth-order valence-electron chi connectivity index (χ4n) is 3.23. The molecule has 0 saturated carbocycles. The van der Waals surface area contributed by atoms with E-state index < -0.39 is 5.97 Å². The SMILES string of the molecule is Cc1ccccc1SN1CCCC(c2cccc(CC(=O)O)c2)C1. The first-order valence-electron chi connectivity index (χ1n) is 8.41. The third kappa shape index (κ3) is 4.40. The molecule has 0 bridgehead atoms. The molecule has 0 aromatic heterocycles. The van der Waals surface area contributed by atoms with E-state index in [1.807, 2.05) is 24.1 Å². The van der Waals surface area contributed by atoms with E-state index in [4.69, 9.17) is 5.11 Å². The van der Waals surface area contributed by atoms with Gasteiger partial charge in [-0.15, -0.1) is 0 Å². The van der Waals surface area contributed by atoms with Crippen LogP contribution in [0.3, 0.4) is 0 Å². The summed E-state index contributed by atoms with van der Waals surface area (Å²) in [4.78, 5) is 12.2. The number of nitrogens with zero attached hydrogens (tertiary/aromatic N) is 1. The van der Waals surface area contributed by atoms with Crippen molar-refractivity contribution in [1.29, 1.82) is 0 Å². The molecular formula is C20H23NO2S. The Bertz CT molecular complexity index is 716. The predicted molar refractivity (Wildman–Crippen MR) is 98.4 cm³/mol. The van der Waals surface area contributed by atoms with Gasteiger partial charge in [0.1, 0.15) is 0 Å². The second kappa shape index (κ2) is 7.86. The van der Waals surface area contributed by atoms with E-state index in [-0.39, 0.29) is 6.42 Å². The zero-order chi connectivity index (χ0) is 16.9. The second-order valence-electron chi connectivity index (χ2n) is 6.40. The van der Waals surface area contributed by atoms with Crippen LogP contribution in [0.2, 0.25) is 0 Å². The Morgan fingerprint density at radius 3 is 2.88 bits per heavy atom. The van der Waals surface area contributed by atoms with Crippen LogP contribution in [0.1, 0.15) is 35.4 Å². The van der Waals surface area contributed by atoms with Crippen molar-refractivity contribution in [2.75, 3.05) is 13.1 Å². The highest BCUT2D eigenvalue weighted by atomic mass is 32.2. The average molecular weight is 341 g/mol. The molecule has 24 heavy (non-hydrogen) atoms. The summed E-state index contributed by atoms with van der Waals surface area (Å²) in [5.41, 5.74) is 3.47. The van der Waals surface area contributed by atoms with Crippen LogP contribution in [0.25, 0.3) is 0 Å². The average Bonchev–Trinajstić information content (AvgIpc) is 2.57. The molecule has 1 saturated heterocycles. The zero-order valence-electron chi connectivity index (χ0n) is 13.9. The maximum atomic E-state index is 10.9. The van der Waals surface area contributed by atoms with Gasteiger partial charge in [0, 0.05) is 18.0 Å². The summed E-state index contributed by atoms with van der Waals surface area (Å²) in [5.74, 6) is -0.295. The van der Waals surface area contributed by atoms with Crippen molar-refractivity contribution < 1.29 is 9.90 Å². The zero-order valence-corrected chi connectivity index (χ0v) is 14.8. The van der Waals surface area contributed by atoms with Gasteiger partial charge in [-0.3, -0.25) is 4.79 Å². The Hall–Kier alpha value is -1.78. The van der Waals surface area contributed by atoms with Crippen LogP contribution in [0, 0.1) is 6.92 Å². The van der Waals surface area contributed by atoms with Gasteiger partial charge < -0.3 is 5.11 Å². The highest BCUT2D eigenvalue weighted by molar-refractivity contribution is 7.97. The molecule has 1 aliphatic rings. The maximum absolute atomic E-state index is 10.9. The molecule has 1 N–H and O–H groups in total. The minimum absolute atomic E-state index is 0.0994. The Kier molecular flexibility index (Phi) is 5.59. The first kappa shape index (κ1) is 17.1. The summed E-state index contributed by atoms with van der Waals surface area (Å²) in [7, 11) is 0. The molecule has 1 heterocycles. The number of rotatable bonds is 5. The number of hydrogen-bond donors (Lipinski definition) is 1. The van der Waals surface area contributed by atoms with Gasteiger partial charge in [0.25, 0.3) is 0 Å². The highest BCUT2D eigenvalue weighted by Gasteiger charge is 2.22. The maximum Gasteiger partial charge on any atom is 0.307 e. The summed E-state index contributed by atoms with van der Waals surface area (Å²) in [6, 6.07) is 16.6. The largest absolute Gasteiger partial charge is 0.481 e. The van der Waals surface area contributed by atoms with E-state index in [0.717, 1.165) is 18.7 Å². The molecule has 126 valence electrons. The molecule has 1 unspecified atom stereocenters. The number of piperidine rings is 1. The van der Waals surface area contributed by atoms with Crippen LogP contribution in [0.5, 0.6) is 0 Å². The van der Waals surface area contributed by atoms with Crippen molar-refractivity contribution in [2.24, 2.45) is 0 Å². The lowest BCUT2D eigenvalue weighted by Gasteiger charge is -2.32. The second-order valence-corrected chi connectivity index (χ2v) is 7.54. The molecule has 0 radical (unpaired) electrons. The molecule has 1 atom stereocenters. The number of carboxylic acid groups (broad SMARTS) is 1. The van der Waals surface area contributed by atoms with Gasteiger partial charge in [0.15, 0.2) is 0 Å². The number of aryl methyl sites for hydroxylation is 1. The van der Waals surface area contributed by atoms with Gasteiger partial charge in [0.2, 0.25) is 0 Å². The number of carboxylic acids is 1. The monoisotopic (exact) mass is 341 g/mol. The molecule has 0 spiro atoms. The smallest absolute Gasteiger partial charge is 0.307 e. The lowest BCUT2D eigenvalue weighted by molar-refractivity contribution is -0.136. The highest BCUT2D eigenvalue weighted by Crippen LogP contribution is 2.34. The molecule has 3 nitrogen and oxygen atoms in total. The van der Waals surface area contributed by atoms with E-state index in [9.17, 15) is 4.79 Å². The van der Waals surface area contributed by atoms with Gasteiger partial charge in [-0.25, -0.2) is 4.31 Å². The van der Waals surface area contributed by atoms with Gasteiger partial charge in [-0.2, -0.15) is 0 Å². The topological polar surface area (TPSA) is 40.5 Å². The first-order chi connectivity index (χ1) is 11.6. The van der Waals surface area contributed by atoms with Crippen molar-refractivity contribution in [2.45, 2.75) is 37.0 Å². The van der Waals surface area contributed by atoms with Crippen LogP contribution >= 0.6 is 11.9 Å². The number of benzene rings is 2. The van der Waals surface area contributed by atoms with E-state index in [1.165, 1.54) is 28.9 Å². The predicted octanol–water partition coefficient (Wildman–Crippen LogP) is 4.51. The van der Waals surface area contributed by atoms with E-state index in [0.29, 0.717) is 5.92 Å². The molecule has 3 rings (SSSR count). The fourth-order valence-corrected chi connectivity index (χ4v) is 4.33. The summed E-state index contributed by atoms with van der Waals surface area (Å²) in [5, 5.41) is 8.99. The van der Waals surface area contributed by atoms with E-state index in [2.05, 4.69) is 47.6 Å². The van der Waals surface area contributed by atoms with Gasteiger partial charge >= 0.3 is 5.97 Å². The summed E-state index contributed by atoms with van der Waals surface area (Å²) < 4.78 is 2.44. The van der Waals surface area contributed by atoms with Crippen LogP contribution < -0.4 is 0 Å². The van der Waals surface area contributed by atoms with E-state index >= 15 is 0 Å². The van der Waals surface area contributed by atoms with E-state index in [1.54, 1.807) is 0 Å². The number of hydrogen-bond acceptors (Lipinski definition) is 3. The number of aliphatic carboxylic acids is 1. The van der Waals surface area contributed by atoms with Gasteiger partial charge in [0.05, 0.1) is 6.42 Å². The third-order valence-electron chi connectivity index (χ3n) is 4.48. The molecule has 2 aromatic rings. The summed E-state index contributed by atoms with van der Waals surface area (Å²) in [6.45, 7) is 4.26. The van der Waals surface area contributed by atoms with Crippen molar-refractivity contribution in [3.8, 4) is 0 Å². The van der Waals surface area contributed by atoms with Crippen molar-refractivity contribution in [1.82, 2.24) is 4.31 Å². The normalized spacial score (nSPS) is 18.5. The van der Waals surface area contributed by atoms with Crippen LogP contribution in [-0.2, 0) is 11.2 Å². The van der Waals surface area contributed by atoms with Crippen molar-refractivity contribution >= 4 is 17.9 Å². The molecule has 4 heteroatoms. The van der Waals surface area contributed by atoms with Crippen LogP contribution in [-0.4, -0.2) is 28.5 Å². The minimum Gasteiger partial charge on any atom is -0.481 e.